The second kappa shape index (κ2) is 6.97. The molecule has 1 unspecified atom stereocenters. The molecule has 0 aliphatic carbocycles. The summed E-state index contributed by atoms with van der Waals surface area (Å²) in [5.74, 6) is 0.245. The van der Waals surface area contributed by atoms with E-state index in [1.807, 2.05) is 47.4 Å². The van der Waals surface area contributed by atoms with Crippen LogP contribution in [0.2, 0.25) is 5.02 Å². The molecular weight excluding hydrogens is 294 g/mol. The van der Waals surface area contributed by atoms with Gasteiger partial charge in [0.25, 0.3) is 0 Å². The highest BCUT2D eigenvalue weighted by Crippen LogP contribution is 2.33. The molecule has 2 nitrogen and oxygen atoms in total. The molecule has 0 saturated carbocycles. The number of likely N-dealkylation sites (tertiary alicyclic amines) is 1. The number of benzene rings is 2. The lowest BCUT2D eigenvalue weighted by Crippen LogP contribution is -2.29. The highest BCUT2D eigenvalue weighted by atomic mass is 35.5. The molecule has 0 aromatic heterocycles. The van der Waals surface area contributed by atoms with Gasteiger partial charge >= 0.3 is 0 Å². The summed E-state index contributed by atoms with van der Waals surface area (Å²) < 4.78 is 0. The van der Waals surface area contributed by atoms with Crippen LogP contribution in [0.3, 0.4) is 0 Å². The maximum atomic E-state index is 12.6. The van der Waals surface area contributed by atoms with Crippen molar-refractivity contribution in [1.82, 2.24) is 4.90 Å². The van der Waals surface area contributed by atoms with Gasteiger partial charge in [0.2, 0.25) is 5.91 Å². The molecule has 22 heavy (non-hydrogen) atoms. The van der Waals surface area contributed by atoms with Gasteiger partial charge in [-0.15, -0.1) is 0 Å². The molecule has 2 aromatic carbocycles. The molecular formula is C19H20ClNO. The Morgan fingerprint density at radius 3 is 2.32 bits per heavy atom. The van der Waals surface area contributed by atoms with Crippen molar-refractivity contribution >= 4 is 17.5 Å². The first-order valence-electron chi connectivity index (χ1n) is 7.83. The number of hydrogen-bond donors (Lipinski definition) is 0. The zero-order valence-corrected chi connectivity index (χ0v) is 13.3. The smallest absolute Gasteiger partial charge is 0.223 e. The number of nitrogens with zero attached hydrogens (tertiary/aromatic N) is 1. The third kappa shape index (κ3) is 3.33. The summed E-state index contributed by atoms with van der Waals surface area (Å²) in [7, 11) is 0. The fourth-order valence-electron chi connectivity index (χ4n) is 3.12. The van der Waals surface area contributed by atoms with Gasteiger partial charge < -0.3 is 4.90 Å². The van der Waals surface area contributed by atoms with Gasteiger partial charge in [-0.05, 0) is 30.0 Å². The first kappa shape index (κ1) is 15.1. The Hall–Kier alpha value is -1.80. The van der Waals surface area contributed by atoms with E-state index in [0.29, 0.717) is 6.42 Å². The molecule has 0 bridgehead atoms. The Balaban J connectivity index is 1.90. The van der Waals surface area contributed by atoms with Crippen molar-refractivity contribution in [1.29, 1.82) is 0 Å². The molecule has 1 amide bonds. The van der Waals surface area contributed by atoms with Crippen molar-refractivity contribution in [2.75, 3.05) is 13.1 Å². The van der Waals surface area contributed by atoms with Crippen molar-refractivity contribution in [3.05, 3.63) is 70.7 Å². The molecule has 1 aliphatic heterocycles. The van der Waals surface area contributed by atoms with Crippen LogP contribution in [0, 0.1) is 0 Å². The van der Waals surface area contributed by atoms with E-state index < -0.39 is 0 Å². The van der Waals surface area contributed by atoms with Crippen molar-refractivity contribution in [3.8, 4) is 0 Å². The number of carbonyl (C=O) groups excluding carboxylic acids is 1. The summed E-state index contributed by atoms with van der Waals surface area (Å²) in [6.07, 6.45) is 2.72. The molecule has 3 heteroatoms. The monoisotopic (exact) mass is 313 g/mol. The summed E-state index contributed by atoms with van der Waals surface area (Å²) in [6.45, 7) is 1.78. The molecule has 1 saturated heterocycles. The van der Waals surface area contributed by atoms with E-state index in [1.54, 1.807) is 0 Å². The topological polar surface area (TPSA) is 20.3 Å². The van der Waals surface area contributed by atoms with Crippen molar-refractivity contribution in [3.63, 3.8) is 0 Å². The fraction of sp³-hybridized carbons (Fsp3) is 0.316. The number of hydrogen-bond acceptors (Lipinski definition) is 1. The Labute approximate surface area is 136 Å². The van der Waals surface area contributed by atoms with E-state index >= 15 is 0 Å². The Bertz CT molecular complexity index is 635. The van der Waals surface area contributed by atoms with Crippen LogP contribution in [-0.4, -0.2) is 23.9 Å². The minimum Gasteiger partial charge on any atom is -0.343 e. The molecule has 1 aliphatic rings. The lowest BCUT2D eigenvalue weighted by molar-refractivity contribution is -0.130. The van der Waals surface area contributed by atoms with Gasteiger partial charge in [-0.25, -0.2) is 0 Å². The Morgan fingerprint density at radius 2 is 1.64 bits per heavy atom. The van der Waals surface area contributed by atoms with Crippen molar-refractivity contribution < 1.29 is 4.79 Å². The Kier molecular flexibility index (Phi) is 4.79. The molecule has 0 N–H and O–H groups in total. The number of rotatable bonds is 4. The normalized spacial score (nSPS) is 15.8. The lowest BCUT2D eigenvalue weighted by Gasteiger charge is -2.22. The van der Waals surface area contributed by atoms with E-state index in [9.17, 15) is 4.79 Å². The molecule has 1 heterocycles. The maximum absolute atomic E-state index is 12.6. The first-order valence-corrected chi connectivity index (χ1v) is 8.20. The van der Waals surface area contributed by atoms with Gasteiger partial charge in [-0.2, -0.15) is 0 Å². The maximum Gasteiger partial charge on any atom is 0.223 e. The van der Waals surface area contributed by atoms with E-state index in [1.165, 1.54) is 0 Å². The lowest BCUT2D eigenvalue weighted by atomic mass is 9.88. The van der Waals surface area contributed by atoms with Crippen molar-refractivity contribution in [2.45, 2.75) is 25.2 Å². The van der Waals surface area contributed by atoms with E-state index in [0.717, 1.165) is 42.1 Å². The third-order valence-corrected chi connectivity index (χ3v) is 4.66. The van der Waals surface area contributed by atoms with Gasteiger partial charge in [0, 0.05) is 30.5 Å². The molecule has 114 valence electrons. The summed E-state index contributed by atoms with van der Waals surface area (Å²) in [4.78, 5) is 14.6. The summed E-state index contributed by atoms with van der Waals surface area (Å²) in [6, 6.07) is 18.0. The molecule has 0 spiro atoms. The van der Waals surface area contributed by atoms with Crippen LogP contribution >= 0.6 is 11.6 Å². The van der Waals surface area contributed by atoms with Crippen LogP contribution < -0.4 is 0 Å². The minimum absolute atomic E-state index is 0.0167. The predicted octanol–water partition coefficient (Wildman–Crippen LogP) is 4.48. The highest BCUT2D eigenvalue weighted by molar-refractivity contribution is 6.31. The van der Waals surface area contributed by atoms with Crippen LogP contribution in [0.15, 0.2) is 54.6 Å². The Morgan fingerprint density at radius 1 is 1.00 bits per heavy atom. The number of amides is 1. The zero-order chi connectivity index (χ0) is 15.4. The first-order chi connectivity index (χ1) is 10.8. The summed E-state index contributed by atoms with van der Waals surface area (Å²) >= 11 is 6.39. The fourth-order valence-corrected chi connectivity index (χ4v) is 3.39. The van der Waals surface area contributed by atoms with Gasteiger partial charge in [-0.1, -0.05) is 60.1 Å². The van der Waals surface area contributed by atoms with E-state index in [4.69, 9.17) is 11.6 Å². The molecule has 1 atom stereocenters. The van der Waals surface area contributed by atoms with Crippen LogP contribution in [-0.2, 0) is 4.79 Å². The third-order valence-electron chi connectivity index (χ3n) is 4.32. The SMILES string of the molecule is O=C(CC(c1ccccc1)c1ccccc1Cl)N1CCCC1. The van der Waals surface area contributed by atoms with Crippen LogP contribution in [0.4, 0.5) is 0 Å². The standard InChI is InChI=1S/C19H20ClNO/c20-18-11-5-4-10-16(18)17(15-8-2-1-3-9-15)14-19(22)21-12-6-7-13-21/h1-5,8-11,17H,6-7,12-14H2. The second-order valence-corrected chi connectivity index (χ2v) is 6.18. The van der Waals surface area contributed by atoms with Gasteiger partial charge in [0.05, 0.1) is 0 Å². The quantitative estimate of drug-likeness (QED) is 0.814. The molecule has 1 fully saturated rings. The van der Waals surface area contributed by atoms with E-state index in [2.05, 4.69) is 12.1 Å². The van der Waals surface area contributed by atoms with Crippen molar-refractivity contribution in [2.24, 2.45) is 0 Å². The number of halogens is 1. The van der Waals surface area contributed by atoms with Gasteiger partial charge in [-0.3, -0.25) is 4.79 Å². The van der Waals surface area contributed by atoms with Gasteiger partial charge in [0.1, 0.15) is 0 Å². The largest absolute Gasteiger partial charge is 0.343 e. The molecule has 2 aromatic rings. The summed E-state index contributed by atoms with van der Waals surface area (Å²) in [5, 5.41) is 0.727. The van der Waals surface area contributed by atoms with Crippen LogP contribution in [0.1, 0.15) is 36.3 Å². The average Bonchev–Trinajstić information content (AvgIpc) is 3.09. The van der Waals surface area contributed by atoms with Gasteiger partial charge in [0.15, 0.2) is 0 Å². The highest BCUT2D eigenvalue weighted by Gasteiger charge is 2.24. The number of carbonyl (C=O) groups is 1. The molecule has 0 radical (unpaired) electrons. The van der Waals surface area contributed by atoms with E-state index in [-0.39, 0.29) is 11.8 Å². The summed E-state index contributed by atoms with van der Waals surface area (Å²) in [5.41, 5.74) is 2.17. The van der Waals surface area contributed by atoms with Crippen LogP contribution in [0.5, 0.6) is 0 Å². The second-order valence-electron chi connectivity index (χ2n) is 5.78. The average molecular weight is 314 g/mol. The van der Waals surface area contributed by atoms with Crippen LogP contribution in [0.25, 0.3) is 0 Å². The zero-order valence-electron chi connectivity index (χ0n) is 12.5. The minimum atomic E-state index is 0.0167. The predicted molar refractivity (Wildman–Crippen MR) is 90.2 cm³/mol. The molecule has 3 rings (SSSR count).